The lowest BCUT2D eigenvalue weighted by atomic mass is 10.1. The zero-order chi connectivity index (χ0) is 18.3. The summed E-state index contributed by atoms with van der Waals surface area (Å²) >= 11 is 2.07. The largest absolute Gasteiger partial charge is 0.470 e. The van der Waals surface area contributed by atoms with Gasteiger partial charge in [0.05, 0.1) is 10.8 Å². The molecular formula is C18H14INO6. The van der Waals surface area contributed by atoms with Crippen LogP contribution in [0, 0.1) is 0 Å². The van der Waals surface area contributed by atoms with Gasteiger partial charge in [0.1, 0.15) is 23.7 Å². The van der Waals surface area contributed by atoms with Crippen LogP contribution >= 0.6 is 22.6 Å². The summed E-state index contributed by atoms with van der Waals surface area (Å²) in [6, 6.07) is 8.16. The number of nitrogens with zero attached hydrogens (tertiary/aromatic N) is 1. The minimum absolute atomic E-state index is 0.0742. The van der Waals surface area contributed by atoms with Gasteiger partial charge in [-0.2, -0.15) is 0 Å². The Labute approximate surface area is 162 Å². The highest BCUT2D eigenvalue weighted by molar-refractivity contribution is 14.1. The molecule has 1 aromatic carbocycles. The van der Waals surface area contributed by atoms with E-state index in [0.717, 1.165) is 5.56 Å². The number of allylic oxidation sites excluding steroid dienone is 1. The van der Waals surface area contributed by atoms with Crippen LogP contribution in [0.5, 0.6) is 0 Å². The molecule has 0 N–H and O–H groups in total. The average Bonchev–Trinajstić information content (AvgIpc) is 3.17. The van der Waals surface area contributed by atoms with Crippen molar-refractivity contribution in [3.8, 4) is 0 Å². The minimum atomic E-state index is -1.06. The number of carbonyl (C=O) groups is 3. The number of alkyl halides is 1. The third-order valence-corrected chi connectivity index (χ3v) is 5.08. The van der Waals surface area contributed by atoms with E-state index >= 15 is 0 Å². The second kappa shape index (κ2) is 6.75. The standard InChI is InChI=1S/C18H14INO6/c19-8-11-6-12(17(22)25-11)16-15(20-13(21)7-14(20)26-16)18(23)24-9-10-4-2-1-3-5-10/h1-6,14-15H,7-9H2/t14-,15?/m1/s1. The molecule has 0 spiro atoms. The Morgan fingerprint density at radius 3 is 2.69 bits per heavy atom. The van der Waals surface area contributed by atoms with Crippen LogP contribution in [0.15, 0.2) is 53.5 Å². The Kier molecular flexibility index (Phi) is 4.43. The molecule has 3 aliphatic heterocycles. The summed E-state index contributed by atoms with van der Waals surface area (Å²) in [5, 5.41) is 0. The van der Waals surface area contributed by atoms with Crippen molar-refractivity contribution in [3.63, 3.8) is 0 Å². The van der Waals surface area contributed by atoms with Crippen LogP contribution in [-0.4, -0.2) is 39.4 Å². The molecule has 0 saturated carbocycles. The van der Waals surface area contributed by atoms with E-state index in [2.05, 4.69) is 22.6 Å². The maximum Gasteiger partial charge on any atom is 0.346 e. The molecule has 0 aliphatic carbocycles. The SMILES string of the molecule is O=C1OC(CI)=CC1=C1O[C@@H]2CC(=O)N2C1C(=O)OCc1ccccc1. The van der Waals surface area contributed by atoms with Crippen LogP contribution in [0.1, 0.15) is 12.0 Å². The summed E-state index contributed by atoms with van der Waals surface area (Å²) < 4.78 is 16.7. The Bertz CT molecular complexity index is 846. The molecule has 26 heavy (non-hydrogen) atoms. The van der Waals surface area contributed by atoms with Gasteiger partial charge in [0.15, 0.2) is 12.3 Å². The number of rotatable bonds is 4. The topological polar surface area (TPSA) is 82.1 Å². The predicted octanol–water partition coefficient (Wildman–Crippen LogP) is 1.82. The molecule has 3 heterocycles. The fourth-order valence-corrected chi connectivity index (χ4v) is 3.42. The van der Waals surface area contributed by atoms with E-state index in [-0.39, 0.29) is 30.3 Å². The normalized spacial score (nSPS) is 26.7. The molecule has 0 radical (unpaired) electrons. The van der Waals surface area contributed by atoms with E-state index in [1.165, 1.54) is 4.90 Å². The highest BCUT2D eigenvalue weighted by atomic mass is 127. The molecule has 1 unspecified atom stereocenters. The number of esters is 2. The third-order valence-electron chi connectivity index (χ3n) is 4.33. The van der Waals surface area contributed by atoms with E-state index in [1.54, 1.807) is 6.08 Å². The number of fused-ring (bicyclic) bond motifs is 1. The van der Waals surface area contributed by atoms with Gasteiger partial charge in [0.25, 0.3) is 0 Å². The Morgan fingerprint density at radius 1 is 1.27 bits per heavy atom. The second-order valence-electron chi connectivity index (χ2n) is 5.99. The van der Waals surface area contributed by atoms with Gasteiger partial charge in [-0.3, -0.25) is 9.69 Å². The Hall–Kier alpha value is -2.36. The van der Waals surface area contributed by atoms with Gasteiger partial charge in [0, 0.05) is 0 Å². The predicted molar refractivity (Wildman–Crippen MR) is 96.4 cm³/mol. The summed E-state index contributed by atoms with van der Waals surface area (Å²) in [7, 11) is 0. The van der Waals surface area contributed by atoms with Crippen molar-refractivity contribution in [1.82, 2.24) is 4.90 Å². The first-order chi connectivity index (χ1) is 12.6. The fourth-order valence-electron chi connectivity index (χ4n) is 3.05. The number of hydrogen-bond acceptors (Lipinski definition) is 6. The zero-order valence-corrected chi connectivity index (χ0v) is 15.7. The molecule has 0 bridgehead atoms. The van der Waals surface area contributed by atoms with Crippen LogP contribution in [0.2, 0.25) is 0 Å². The van der Waals surface area contributed by atoms with Crippen LogP contribution < -0.4 is 0 Å². The number of benzene rings is 1. The summed E-state index contributed by atoms with van der Waals surface area (Å²) in [6.45, 7) is 0.0742. The smallest absolute Gasteiger partial charge is 0.346 e. The molecule has 2 fully saturated rings. The highest BCUT2D eigenvalue weighted by Crippen LogP contribution is 2.40. The number of carbonyl (C=O) groups excluding carboxylic acids is 3. The minimum Gasteiger partial charge on any atom is -0.470 e. The van der Waals surface area contributed by atoms with Gasteiger partial charge >= 0.3 is 11.9 Å². The van der Waals surface area contributed by atoms with E-state index in [4.69, 9.17) is 14.2 Å². The van der Waals surface area contributed by atoms with Gasteiger partial charge < -0.3 is 14.2 Å². The van der Waals surface area contributed by atoms with Gasteiger partial charge in [-0.25, -0.2) is 9.59 Å². The number of ether oxygens (including phenoxy) is 3. The van der Waals surface area contributed by atoms with Crippen molar-refractivity contribution in [2.45, 2.75) is 25.3 Å². The van der Waals surface area contributed by atoms with Crippen LogP contribution in [-0.2, 0) is 35.2 Å². The van der Waals surface area contributed by atoms with Crippen LogP contribution in [0.25, 0.3) is 0 Å². The summed E-state index contributed by atoms with van der Waals surface area (Å²) in [5.41, 5.74) is 0.994. The maximum absolute atomic E-state index is 12.7. The zero-order valence-electron chi connectivity index (χ0n) is 13.5. The van der Waals surface area contributed by atoms with E-state index in [9.17, 15) is 14.4 Å². The number of β-lactam (4-membered cyclic amide) rings is 1. The Balaban J connectivity index is 1.60. The number of cyclic esters (lactones) is 1. The van der Waals surface area contributed by atoms with Crippen molar-refractivity contribution < 1.29 is 28.6 Å². The van der Waals surface area contributed by atoms with Gasteiger partial charge in [-0.1, -0.05) is 52.9 Å². The van der Waals surface area contributed by atoms with Crippen molar-refractivity contribution in [3.05, 3.63) is 59.1 Å². The molecular weight excluding hydrogens is 453 g/mol. The van der Waals surface area contributed by atoms with Crippen molar-refractivity contribution in [1.29, 1.82) is 0 Å². The molecule has 2 saturated heterocycles. The molecule has 7 nitrogen and oxygen atoms in total. The van der Waals surface area contributed by atoms with Crippen molar-refractivity contribution >= 4 is 40.4 Å². The third kappa shape index (κ3) is 2.87. The van der Waals surface area contributed by atoms with Gasteiger partial charge in [-0.15, -0.1) is 0 Å². The Morgan fingerprint density at radius 2 is 2.04 bits per heavy atom. The lowest BCUT2D eigenvalue weighted by molar-refractivity contribution is -0.166. The van der Waals surface area contributed by atoms with Crippen LogP contribution in [0.4, 0.5) is 0 Å². The first-order valence-corrected chi connectivity index (χ1v) is 9.52. The molecule has 134 valence electrons. The fraction of sp³-hybridized carbons (Fsp3) is 0.278. The monoisotopic (exact) mass is 467 g/mol. The number of halogens is 1. The average molecular weight is 467 g/mol. The molecule has 1 aromatic rings. The van der Waals surface area contributed by atoms with Gasteiger partial charge in [-0.05, 0) is 11.6 Å². The summed E-state index contributed by atoms with van der Waals surface area (Å²) in [4.78, 5) is 38.1. The quantitative estimate of drug-likeness (QED) is 0.221. The molecule has 3 aliphatic rings. The highest BCUT2D eigenvalue weighted by Gasteiger charge is 2.56. The first kappa shape index (κ1) is 17.1. The lowest BCUT2D eigenvalue weighted by Gasteiger charge is -2.33. The second-order valence-corrected chi connectivity index (χ2v) is 6.75. The van der Waals surface area contributed by atoms with Crippen molar-refractivity contribution in [2.75, 3.05) is 4.43 Å². The summed E-state index contributed by atoms with van der Waals surface area (Å²) in [6.07, 6.45) is 1.19. The number of hydrogen-bond donors (Lipinski definition) is 0. The van der Waals surface area contributed by atoms with Crippen LogP contribution in [0.3, 0.4) is 0 Å². The molecule has 4 rings (SSSR count). The molecule has 0 aromatic heterocycles. The van der Waals surface area contributed by atoms with E-state index in [1.807, 2.05) is 30.3 Å². The van der Waals surface area contributed by atoms with Crippen molar-refractivity contribution in [2.24, 2.45) is 0 Å². The molecule has 2 atom stereocenters. The molecule has 1 amide bonds. The van der Waals surface area contributed by atoms with E-state index in [0.29, 0.717) is 10.2 Å². The molecule has 8 heteroatoms. The maximum atomic E-state index is 12.7. The first-order valence-electron chi connectivity index (χ1n) is 7.99. The number of amides is 1. The lowest BCUT2D eigenvalue weighted by Crippen LogP contribution is -2.55. The summed E-state index contributed by atoms with van der Waals surface area (Å²) in [5.74, 6) is -0.808. The van der Waals surface area contributed by atoms with Gasteiger partial charge in [0.2, 0.25) is 5.91 Å². The van der Waals surface area contributed by atoms with E-state index < -0.39 is 24.2 Å².